The summed E-state index contributed by atoms with van der Waals surface area (Å²) in [5.74, 6) is 0.879. The van der Waals surface area contributed by atoms with Crippen LogP contribution in [0, 0.1) is 13.8 Å². The SMILES string of the molecule is CC(=O)c1nc(C)n2c(C)cccc12. The van der Waals surface area contributed by atoms with Crippen molar-refractivity contribution in [2.45, 2.75) is 20.8 Å². The van der Waals surface area contributed by atoms with E-state index in [9.17, 15) is 4.79 Å². The van der Waals surface area contributed by atoms with Gasteiger partial charge in [-0.15, -0.1) is 0 Å². The molecule has 3 heteroatoms. The average molecular weight is 188 g/mol. The Labute approximate surface area is 82.4 Å². The standard InChI is InChI=1S/C11H12N2O/c1-7-5-4-6-10-11(8(2)14)12-9(3)13(7)10/h4-6H,1-3H3. The van der Waals surface area contributed by atoms with Crippen LogP contribution < -0.4 is 0 Å². The van der Waals surface area contributed by atoms with Crippen LogP contribution in [-0.2, 0) is 0 Å². The quantitative estimate of drug-likeness (QED) is 0.642. The van der Waals surface area contributed by atoms with E-state index >= 15 is 0 Å². The van der Waals surface area contributed by atoms with E-state index < -0.39 is 0 Å². The third-order valence-electron chi connectivity index (χ3n) is 2.36. The number of carbonyl (C=O) groups is 1. The second-order valence-corrected chi connectivity index (χ2v) is 3.45. The largest absolute Gasteiger partial charge is 0.300 e. The Kier molecular flexibility index (Phi) is 1.88. The zero-order chi connectivity index (χ0) is 10.3. The lowest BCUT2D eigenvalue weighted by molar-refractivity contribution is 0.101. The molecule has 0 atom stereocenters. The molecule has 0 saturated carbocycles. The van der Waals surface area contributed by atoms with Crippen LogP contribution in [0.5, 0.6) is 0 Å². The number of nitrogens with zero attached hydrogens (tertiary/aromatic N) is 2. The minimum atomic E-state index is 0.0150. The molecule has 0 amide bonds. The molecule has 0 aromatic carbocycles. The summed E-state index contributed by atoms with van der Waals surface area (Å²) in [6.45, 7) is 5.46. The first-order chi connectivity index (χ1) is 6.61. The second kappa shape index (κ2) is 2.94. The van der Waals surface area contributed by atoms with Gasteiger partial charge in [-0.2, -0.15) is 0 Å². The minimum absolute atomic E-state index is 0.0150. The molecule has 2 heterocycles. The van der Waals surface area contributed by atoms with Crippen LogP contribution in [0.15, 0.2) is 18.2 Å². The monoisotopic (exact) mass is 188 g/mol. The van der Waals surface area contributed by atoms with E-state index in [1.165, 1.54) is 0 Å². The topological polar surface area (TPSA) is 34.4 Å². The molecule has 0 unspecified atom stereocenters. The molecule has 0 radical (unpaired) electrons. The lowest BCUT2D eigenvalue weighted by Gasteiger charge is -2.00. The van der Waals surface area contributed by atoms with Crippen LogP contribution >= 0.6 is 0 Å². The summed E-state index contributed by atoms with van der Waals surface area (Å²) < 4.78 is 2.00. The number of fused-ring (bicyclic) bond motifs is 1. The molecule has 72 valence electrons. The number of pyridine rings is 1. The van der Waals surface area contributed by atoms with Crippen molar-refractivity contribution in [3.63, 3.8) is 0 Å². The maximum atomic E-state index is 11.3. The molecule has 0 N–H and O–H groups in total. The van der Waals surface area contributed by atoms with Gasteiger partial charge in [0.25, 0.3) is 0 Å². The van der Waals surface area contributed by atoms with E-state index in [4.69, 9.17) is 0 Å². The average Bonchev–Trinajstić information content (AvgIpc) is 2.45. The van der Waals surface area contributed by atoms with Gasteiger partial charge in [0.2, 0.25) is 0 Å². The number of aromatic nitrogens is 2. The second-order valence-electron chi connectivity index (χ2n) is 3.45. The highest BCUT2D eigenvalue weighted by Gasteiger charge is 2.12. The zero-order valence-corrected chi connectivity index (χ0v) is 8.53. The van der Waals surface area contributed by atoms with Crippen LogP contribution in [0.4, 0.5) is 0 Å². The summed E-state index contributed by atoms with van der Waals surface area (Å²) in [7, 11) is 0. The van der Waals surface area contributed by atoms with Gasteiger partial charge in [-0.05, 0) is 26.0 Å². The summed E-state index contributed by atoms with van der Waals surface area (Å²) in [6.07, 6.45) is 0. The number of Topliss-reactive ketones (excluding diaryl/α,β-unsaturated/α-hetero) is 1. The molecule has 0 fully saturated rings. The molecule has 2 aromatic rings. The smallest absolute Gasteiger partial charge is 0.180 e. The fourth-order valence-corrected chi connectivity index (χ4v) is 1.76. The maximum absolute atomic E-state index is 11.3. The van der Waals surface area contributed by atoms with Gasteiger partial charge in [0, 0.05) is 12.6 Å². The normalized spacial score (nSPS) is 10.8. The first kappa shape index (κ1) is 8.94. The van der Waals surface area contributed by atoms with Crippen molar-refractivity contribution < 1.29 is 4.79 Å². The highest BCUT2D eigenvalue weighted by atomic mass is 16.1. The van der Waals surface area contributed by atoms with Crippen molar-refractivity contribution in [1.82, 2.24) is 9.38 Å². The summed E-state index contributed by atoms with van der Waals surface area (Å²) >= 11 is 0. The first-order valence-electron chi connectivity index (χ1n) is 4.57. The van der Waals surface area contributed by atoms with Gasteiger partial charge in [0.15, 0.2) is 5.78 Å². The van der Waals surface area contributed by atoms with Crippen LogP contribution in [0.2, 0.25) is 0 Å². The number of hydrogen-bond donors (Lipinski definition) is 0. The summed E-state index contributed by atoms with van der Waals surface area (Å²) in [5, 5.41) is 0. The minimum Gasteiger partial charge on any atom is -0.300 e. The maximum Gasteiger partial charge on any atom is 0.180 e. The number of carbonyl (C=O) groups excluding carboxylic acids is 1. The molecule has 0 aliphatic rings. The Morgan fingerprint density at radius 1 is 1.36 bits per heavy atom. The molecule has 0 spiro atoms. The molecule has 3 nitrogen and oxygen atoms in total. The molecule has 0 aliphatic carbocycles. The Hall–Kier alpha value is -1.64. The van der Waals surface area contributed by atoms with E-state index in [2.05, 4.69) is 4.98 Å². The molecule has 14 heavy (non-hydrogen) atoms. The molecule has 0 saturated heterocycles. The third kappa shape index (κ3) is 1.13. The fraction of sp³-hybridized carbons (Fsp3) is 0.273. The van der Waals surface area contributed by atoms with E-state index in [-0.39, 0.29) is 5.78 Å². The highest BCUT2D eigenvalue weighted by Crippen LogP contribution is 2.15. The Bertz CT molecular complexity index is 511. The molecule has 2 rings (SSSR count). The van der Waals surface area contributed by atoms with Crippen LogP contribution in [0.3, 0.4) is 0 Å². The van der Waals surface area contributed by atoms with E-state index in [1.807, 2.05) is 36.4 Å². The first-order valence-corrected chi connectivity index (χ1v) is 4.57. The van der Waals surface area contributed by atoms with E-state index in [0.29, 0.717) is 5.69 Å². The van der Waals surface area contributed by atoms with E-state index in [1.54, 1.807) is 6.92 Å². The summed E-state index contributed by atoms with van der Waals surface area (Å²) in [4.78, 5) is 15.6. The molecular weight excluding hydrogens is 176 g/mol. The van der Waals surface area contributed by atoms with Crippen LogP contribution in [0.25, 0.3) is 5.52 Å². The van der Waals surface area contributed by atoms with Crippen molar-refractivity contribution in [2.75, 3.05) is 0 Å². The summed E-state index contributed by atoms with van der Waals surface area (Å²) in [6, 6.07) is 5.87. The summed E-state index contributed by atoms with van der Waals surface area (Å²) in [5.41, 5.74) is 2.56. The predicted octanol–water partition coefficient (Wildman–Crippen LogP) is 2.15. The van der Waals surface area contributed by atoms with Gasteiger partial charge in [-0.1, -0.05) is 6.07 Å². The predicted molar refractivity (Wildman–Crippen MR) is 54.7 cm³/mol. The fourth-order valence-electron chi connectivity index (χ4n) is 1.76. The lowest BCUT2D eigenvalue weighted by Crippen LogP contribution is -1.94. The highest BCUT2D eigenvalue weighted by molar-refractivity contribution is 5.99. The van der Waals surface area contributed by atoms with Crippen LogP contribution in [-0.4, -0.2) is 15.2 Å². The number of ketones is 1. The van der Waals surface area contributed by atoms with Crippen molar-refractivity contribution in [1.29, 1.82) is 0 Å². The van der Waals surface area contributed by atoms with Gasteiger partial charge < -0.3 is 4.40 Å². The molecule has 0 aliphatic heterocycles. The van der Waals surface area contributed by atoms with Crippen molar-refractivity contribution in [3.05, 3.63) is 35.4 Å². The number of aryl methyl sites for hydroxylation is 2. The van der Waals surface area contributed by atoms with Gasteiger partial charge in [0.05, 0.1) is 5.52 Å². The lowest BCUT2D eigenvalue weighted by atomic mass is 10.2. The van der Waals surface area contributed by atoms with Crippen molar-refractivity contribution in [3.8, 4) is 0 Å². The molecular formula is C11H12N2O. The van der Waals surface area contributed by atoms with Crippen molar-refractivity contribution >= 4 is 11.3 Å². The molecule has 2 aromatic heterocycles. The van der Waals surface area contributed by atoms with Gasteiger partial charge in [-0.3, -0.25) is 4.79 Å². The van der Waals surface area contributed by atoms with Gasteiger partial charge in [0.1, 0.15) is 11.5 Å². The number of imidazole rings is 1. The van der Waals surface area contributed by atoms with Crippen molar-refractivity contribution in [2.24, 2.45) is 0 Å². The number of hydrogen-bond acceptors (Lipinski definition) is 2. The van der Waals surface area contributed by atoms with E-state index in [0.717, 1.165) is 17.0 Å². The Balaban J connectivity index is 2.91. The third-order valence-corrected chi connectivity index (χ3v) is 2.36. The molecule has 0 bridgehead atoms. The number of rotatable bonds is 1. The van der Waals surface area contributed by atoms with Gasteiger partial charge >= 0.3 is 0 Å². The Morgan fingerprint density at radius 2 is 2.07 bits per heavy atom. The Morgan fingerprint density at radius 3 is 2.71 bits per heavy atom. The van der Waals surface area contributed by atoms with Crippen LogP contribution in [0.1, 0.15) is 28.9 Å². The van der Waals surface area contributed by atoms with Gasteiger partial charge in [-0.25, -0.2) is 4.98 Å². The zero-order valence-electron chi connectivity index (χ0n) is 8.53.